The van der Waals surface area contributed by atoms with Crippen LogP contribution in [0, 0.1) is 17.6 Å². The summed E-state index contributed by atoms with van der Waals surface area (Å²) >= 11 is 6.98. The molecule has 0 radical (unpaired) electrons. The van der Waals surface area contributed by atoms with Gasteiger partial charge in [0.2, 0.25) is 0 Å². The second-order valence-electron chi connectivity index (χ2n) is 6.67. The number of carbonyl (C=O) groups is 2. The molecule has 28 heavy (non-hydrogen) atoms. The highest BCUT2D eigenvalue weighted by Crippen LogP contribution is 2.37. The fourth-order valence-electron chi connectivity index (χ4n) is 3.17. The highest BCUT2D eigenvalue weighted by atomic mass is 35.5. The van der Waals surface area contributed by atoms with E-state index in [4.69, 9.17) is 11.6 Å². The molecular formula is C20H18ClF2NO3S. The van der Waals surface area contributed by atoms with Crippen LogP contribution in [0.3, 0.4) is 0 Å². The predicted molar refractivity (Wildman–Crippen MR) is 105 cm³/mol. The zero-order valence-electron chi connectivity index (χ0n) is 14.8. The van der Waals surface area contributed by atoms with Crippen molar-refractivity contribution in [3.05, 3.63) is 58.6 Å². The Labute approximate surface area is 170 Å². The summed E-state index contributed by atoms with van der Waals surface area (Å²) in [4.78, 5) is 24.0. The molecule has 0 bridgehead atoms. The SMILES string of the molecule is O=C(Nc1ccc(F)c(Cl)c1)c1ccc(F)c(S[C@H]2CCC[C@@H](C(=O)O)C2)c1. The van der Waals surface area contributed by atoms with Gasteiger partial charge in [-0.1, -0.05) is 18.0 Å². The summed E-state index contributed by atoms with van der Waals surface area (Å²) in [5.41, 5.74) is 0.571. The predicted octanol–water partition coefficient (Wildman–Crippen LogP) is 5.61. The summed E-state index contributed by atoms with van der Waals surface area (Å²) in [6.45, 7) is 0. The molecule has 1 fully saturated rings. The van der Waals surface area contributed by atoms with E-state index in [0.717, 1.165) is 18.9 Å². The molecule has 2 aromatic carbocycles. The van der Waals surface area contributed by atoms with Gasteiger partial charge < -0.3 is 10.4 Å². The number of hydrogen-bond donors (Lipinski definition) is 2. The highest BCUT2D eigenvalue weighted by molar-refractivity contribution is 8.00. The van der Waals surface area contributed by atoms with E-state index in [1.54, 1.807) is 0 Å². The molecule has 1 aliphatic carbocycles. The first kappa shape index (κ1) is 20.6. The van der Waals surface area contributed by atoms with Gasteiger partial charge in [-0.25, -0.2) is 8.78 Å². The summed E-state index contributed by atoms with van der Waals surface area (Å²) < 4.78 is 27.5. The Morgan fingerprint density at radius 2 is 1.86 bits per heavy atom. The van der Waals surface area contributed by atoms with Gasteiger partial charge in [0, 0.05) is 21.4 Å². The van der Waals surface area contributed by atoms with E-state index in [2.05, 4.69) is 5.32 Å². The van der Waals surface area contributed by atoms with E-state index in [1.165, 1.54) is 42.1 Å². The van der Waals surface area contributed by atoms with Crippen LogP contribution in [0.1, 0.15) is 36.0 Å². The second-order valence-corrected chi connectivity index (χ2v) is 8.42. The molecule has 2 atom stereocenters. The molecule has 3 rings (SSSR count). The molecule has 148 valence electrons. The van der Waals surface area contributed by atoms with Gasteiger partial charge in [0.05, 0.1) is 10.9 Å². The Balaban J connectivity index is 1.72. The van der Waals surface area contributed by atoms with Gasteiger partial charge in [0.25, 0.3) is 5.91 Å². The lowest BCUT2D eigenvalue weighted by atomic mass is 9.89. The molecule has 2 N–H and O–H groups in total. The molecule has 0 unspecified atom stereocenters. The number of carbonyl (C=O) groups excluding carboxylic acids is 1. The monoisotopic (exact) mass is 425 g/mol. The van der Waals surface area contributed by atoms with Gasteiger partial charge in [0.1, 0.15) is 11.6 Å². The maximum atomic E-state index is 14.2. The molecule has 1 amide bonds. The minimum Gasteiger partial charge on any atom is -0.481 e. The van der Waals surface area contributed by atoms with Crippen molar-refractivity contribution in [3.8, 4) is 0 Å². The minimum absolute atomic E-state index is 0.0152. The molecule has 0 spiro atoms. The Kier molecular flexibility index (Phi) is 6.57. The Bertz CT molecular complexity index is 909. The van der Waals surface area contributed by atoms with Crippen LogP contribution in [0.4, 0.5) is 14.5 Å². The van der Waals surface area contributed by atoms with E-state index in [9.17, 15) is 23.5 Å². The number of halogens is 3. The van der Waals surface area contributed by atoms with Crippen molar-refractivity contribution in [2.75, 3.05) is 5.32 Å². The zero-order valence-corrected chi connectivity index (χ0v) is 16.3. The van der Waals surface area contributed by atoms with Crippen molar-refractivity contribution < 1.29 is 23.5 Å². The van der Waals surface area contributed by atoms with Crippen LogP contribution in [-0.4, -0.2) is 22.2 Å². The normalized spacial score (nSPS) is 19.2. The number of thioether (sulfide) groups is 1. The van der Waals surface area contributed by atoms with Crippen molar-refractivity contribution in [1.29, 1.82) is 0 Å². The van der Waals surface area contributed by atoms with E-state index in [1.807, 2.05) is 0 Å². The third kappa shape index (κ3) is 5.02. The Morgan fingerprint density at radius 3 is 2.57 bits per heavy atom. The van der Waals surface area contributed by atoms with Crippen LogP contribution in [0.5, 0.6) is 0 Å². The van der Waals surface area contributed by atoms with Gasteiger partial charge in [-0.05, 0) is 55.7 Å². The average molecular weight is 426 g/mol. The lowest BCUT2D eigenvalue weighted by Crippen LogP contribution is -2.24. The second kappa shape index (κ2) is 8.92. The van der Waals surface area contributed by atoms with Crippen LogP contribution in [-0.2, 0) is 4.79 Å². The van der Waals surface area contributed by atoms with E-state index < -0.39 is 29.4 Å². The lowest BCUT2D eigenvalue weighted by molar-refractivity contribution is -0.142. The lowest BCUT2D eigenvalue weighted by Gasteiger charge is -2.26. The molecule has 4 nitrogen and oxygen atoms in total. The number of nitrogens with one attached hydrogen (secondary N) is 1. The smallest absolute Gasteiger partial charge is 0.306 e. The largest absolute Gasteiger partial charge is 0.481 e. The summed E-state index contributed by atoms with van der Waals surface area (Å²) in [7, 11) is 0. The quantitative estimate of drug-likeness (QED) is 0.653. The van der Waals surface area contributed by atoms with Crippen LogP contribution in [0.25, 0.3) is 0 Å². The maximum absolute atomic E-state index is 14.2. The highest BCUT2D eigenvalue weighted by Gasteiger charge is 2.28. The third-order valence-electron chi connectivity index (χ3n) is 4.64. The van der Waals surface area contributed by atoms with Crippen molar-refractivity contribution in [2.45, 2.75) is 35.8 Å². The van der Waals surface area contributed by atoms with E-state index >= 15 is 0 Å². The molecule has 0 saturated heterocycles. The van der Waals surface area contributed by atoms with Crippen molar-refractivity contribution >= 4 is 40.9 Å². The van der Waals surface area contributed by atoms with Crippen LogP contribution in [0.2, 0.25) is 5.02 Å². The minimum atomic E-state index is -0.822. The summed E-state index contributed by atoms with van der Waals surface area (Å²) in [6.07, 6.45) is 2.70. The van der Waals surface area contributed by atoms with Gasteiger partial charge in [-0.15, -0.1) is 11.8 Å². The van der Waals surface area contributed by atoms with Gasteiger partial charge in [-0.3, -0.25) is 9.59 Å². The van der Waals surface area contributed by atoms with E-state index in [-0.39, 0.29) is 15.8 Å². The molecule has 2 aromatic rings. The number of anilines is 1. The number of benzene rings is 2. The maximum Gasteiger partial charge on any atom is 0.306 e. The fraction of sp³-hybridized carbons (Fsp3) is 0.300. The van der Waals surface area contributed by atoms with Crippen molar-refractivity contribution in [1.82, 2.24) is 0 Å². The number of aliphatic carboxylic acids is 1. The first-order valence-corrected chi connectivity index (χ1v) is 10.0. The first-order chi connectivity index (χ1) is 13.3. The number of carboxylic acid groups (broad SMARTS) is 1. The molecule has 0 aromatic heterocycles. The van der Waals surface area contributed by atoms with Crippen LogP contribution >= 0.6 is 23.4 Å². The standard InChI is InChI=1S/C20H18ClF2NO3S/c21-15-10-13(5-7-16(15)22)24-19(25)11-4-6-17(23)18(9-11)28-14-3-1-2-12(8-14)20(26)27/h4-7,9-10,12,14H,1-3,8H2,(H,24,25)(H,26,27)/t12-,14+/m1/s1. The van der Waals surface area contributed by atoms with Crippen LogP contribution in [0.15, 0.2) is 41.3 Å². The van der Waals surface area contributed by atoms with Gasteiger partial charge >= 0.3 is 5.97 Å². The average Bonchev–Trinajstić information content (AvgIpc) is 2.66. The number of carboxylic acids is 1. The summed E-state index contributed by atoms with van der Waals surface area (Å²) in [5.74, 6) is -2.76. The first-order valence-electron chi connectivity index (χ1n) is 8.79. The van der Waals surface area contributed by atoms with Crippen molar-refractivity contribution in [3.63, 3.8) is 0 Å². The van der Waals surface area contributed by atoms with E-state index in [0.29, 0.717) is 23.4 Å². The zero-order chi connectivity index (χ0) is 20.3. The molecular weight excluding hydrogens is 408 g/mol. The number of hydrogen-bond acceptors (Lipinski definition) is 3. The molecule has 0 aliphatic heterocycles. The van der Waals surface area contributed by atoms with Gasteiger partial charge in [-0.2, -0.15) is 0 Å². The summed E-state index contributed by atoms with van der Waals surface area (Å²) in [5, 5.41) is 11.7. The van der Waals surface area contributed by atoms with Crippen molar-refractivity contribution in [2.24, 2.45) is 5.92 Å². The number of amides is 1. The number of rotatable bonds is 5. The Morgan fingerprint density at radius 1 is 1.11 bits per heavy atom. The molecule has 8 heteroatoms. The molecule has 1 saturated carbocycles. The molecule has 1 aliphatic rings. The summed E-state index contributed by atoms with van der Waals surface area (Å²) in [6, 6.07) is 7.85. The fourth-order valence-corrected chi connectivity index (χ4v) is 4.70. The molecule has 0 heterocycles. The van der Waals surface area contributed by atoms with Gasteiger partial charge in [0.15, 0.2) is 0 Å². The van der Waals surface area contributed by atoms with Crippen LogP contribution < -0.4 is 5.32 Å². The third-order valence-corrected chi connectivity index (χ3v) is 6.26. The topological polar surface area (TPSA) is 66.4 Å². The Hall–Kier alpha value is -2.12.